The summed E-state index contributed by atoms with van der Waals surface area (Å²) in [5, 5.41) is 2.22. The summed E-state index contributed by atoms with van der Waals surface area (Å²) in [7, 11) is 0. The fraction of sp³-hybridized carbons (Fsp3) is 0.143. The zero-order valence-electron chi connectivity index (χ0n) is 37.3. The molecule has 0 aliphatic heterocycles. The summed E-state index contributed by atoms with van der Waals surface area (Å²) in [6.45, 7) is 9.81. The Morgan fingerprint density at radius 3 is 1.62 bits per heavy atom. The SMILES string of the molecule is CC1(C)CCC(C)(C)c2c(-c3cc4c(cc3N(c3ccc(-c5ccccc5)cc3)c3ccc5oc6ccccc6c5c3)C3(c5ccccc5-c5ccccc53)c3ccccc3-4)cccc21. The molecule has 1 aromatic heterocycles. The van der Waals surface area contributed by atoms with E-state index in [9.17, 15) is 0 Å². The molecule has 2 heteroatoms. The van der Waals surface area contributed by atoms with Gasteiger partial charge in [0.25, 0.3) is 0 Å². The molecule has 0 radical (unpaired) electrons. The lowest BCUT2D eigenvalue weighted by Gasteiger charge is -2.43. The first-order valence-electron chi connectivity index (χ1n) is 23.2. The molecular weight excluding hydrogens is 787 g/mol. The van der Waals surface area contributed by atoms with E-state index in [1.807, 2.05) is 0 Å². The number of fused-ring (bicyclic) bond motifs is 14. The summed E-state index contributed by atoms with van der Waals surface area (Å²) in [4.78, 5) is 2.54. The van der Waals surface area contributed by atoms with E-state index in [4.69, 9.17) is 4.42 Å². The molecule has 10 aromatic rings. The van der Waals surface area contributed by atoms with Crippen molar-refractivity contribution < 1.29 is 4.42 Å². The van der Waals surface area contributed by atoms with Crippen LogP contribution in [0.4, 0.5) is 17.1 Å². The van der Waals surface area contributed by atoms with Crippen molar-refractivity contribution in [2.45, 2.75) is 56.8 Å². The van der Waals surface area contributed by atoms with Crippen LogP contribution in [0.15, 0.2) is 205 Å². The fourth-order valence-electron chi connectivity index (χ4n) is 12.2. The van der Waals surface area contributed by atoms with Crippen LogP contribution >= 0.6 is 0 Å². The van der Waals surface area contributed by atoms with E-state index < -0.39 is 5.41 Å². The molecule has 0 saturated heterocycles. The summed E-state index contributed by atoms with van der Waals surface area (Å²) >= 11 is 0. The van der Waals surface area contributed by atoms with E-state index in [1.54, 1.807) is 0 Å². The lowest BCUT2D eigenvalue weighted by atomic mass is 9.61. The van der Waals surface area contributed by atoms with Crippen molar-refractivity contribution in [3.8, 4) is 44.5 Å². The Bertz CT molecular complexity index is 3500. The summed E-state index contributed by atoms with van der Waals surface area (Å²) < 4.78 is 6.47. The number of nitrogens with zero attached hydrogens (tertiary/aromatic N) is 1. The number of hydrogen-bond acceptors (Lipinski definition) is 2. The predicted molar refractivity (Wildman–Crippen MR) is 271 cm³/mol. The molecule has 0 amide bonds. The van der Waals surface area contributed by atoms with Gasteiger partial charge in [-0.3, -0.25) is 0 Å². The molecule has 1 spiro atoms. The van der Waals surface area contributed by atoms with Crippen LogP contribution in [-0.2, 0) is 16.2 Å². The first-order chi connectivity index (χ1) is 31.7. The summed E-state index contributed by atoms with van der Waals surface area (Å²) in [6, 6.07) is 74.9. The van der Waals surface area contributed by atoms with Crippen molar-refractivity contribution in [1.29, 1.82) is 0 Å². The maximum Gasteiger partial charge on any atom is 0.135 e. The number of para-hydroxylation sites is 1. The molecule has 0 bridgehead atoms. The molecule has 0 atom stereocenters. The van der Waals surface area contributed by atoms with Crippen molar-refractivity contribution in [2.75, 3.05) is 4.90 Å². The molecule has 3 aliphatic carbocycles. The second kappa shape index (κ2) is 13.8. The first kappa shape index (κ1) is 38.1. The molecule has 65 heavy (non-hydrogen) atoms. The summed E-state index contributed by atoms with van der Waals surface area (Å²) in [5.41, 5.74) is 23.1. The van der Waals surface area contributed by atoms with Gasteiger partial charge >= 0.3 is 0 Å². The highest BCUT2D eigenvalue weighted by Crippen LogP contribution is 2.65. The molecular formula is C63H49NO. The highest BCUT2D eigenvalue weighted by atomic mass is 16.3. The zero-order valence-corrected chi connectivity index (χ0v) is 37.3. The van der Waals surface area contributed by atoms with Gasteiger partial charge in [-0.15, -0.1) is 0 Å². The van der Waals surface area contributed by atoms with Crippen LogP contribution < -0.4 is 4.90 Å². The van der Waals surface area contributed by atoms with E-state index in [1.165, 1.54) is 77.9 Å². The molecule has 0 N–H and O–H groups in total. The molecule has 2 nitrogen and oxygen atoms in total. The number of hydrogen-bond donors (Lipinski definition) is 0. The molecule has 13 rings (SSSR count). The lowest BCUT2D eigenvalue weighted by Crippen LogP contribution is -2.34. The van der Waals surface area contributed by atoms with Gasteiger partial charge in [-0.2, -0.15) is 0 Å². The van der Waals surface area contributed by atoms with Gasteiger partial charge in [-0.25, -0.2) is 0 Å². The van der Waals surface area contributed by atoms with Gasteiger partial charge in [0.15, 0.2) is 0 Å². The Morgan fingerprint density at radius 2 is 0.908 bits per heavy atom. The van der Waals surface area contributed by atoms with Crippen LogP contribution in [0.3, 0.4) is 0 Å². The van der Waals surface area contributed by atoms with Crippen LogP contribution in [0.1, 0.15) is 73.9 Å². The van der Waals surface area contributed by atoms with E-state index in [2.05, 4.69) is 233 Å². The van der Waals surface area contributed by atoms with Crippen molar-refractivity contribution in [2.24, 2.45) is 0 Å². The average molecular weight is 836 g/mol. The Labute approximate surface area is 381 Å². The van der Waals surface area contributed by atoms with Crippen molar-refractivity contribution in [3.63, 3.8) is 0 Å². The first-order valence-corrected chi connectivity index (χ1v) is 23.2. The second-order valence-corrected chi connectivity index (χ2v) is 19.8. The van der Waals surface area contributed by atoms with Crippen LogP contribution in [0.5, 0.6) is 0 Å². The highest BCUT2D eigenvalue weighted by Gasteiger charge is 2.52. The predicted octanol–water partition coefficient (Wildman–Crippen LogP) is 17.1. The standard InChI is InChI=1S/C63H49NO/c1-61(2)35-36-62(3,4)60-48(23-16-27-55(60)61)50-38-49-46-21-10-14-26-54(46)63(52-24-12-8-19-44(52)45-20-9-13-25-53(45)63)56(49)39-57(50)64(42-31-29-41(30-32-42)40-17-6-5-7-18-40)43-33-34-59-51(37-43)47-22-11-15-28-58(47)65-59/h5-34,37-39H,35-36H2,1-4H3. The normalized spacial score (nSPS) is 15.6. The Kier molecular flexibility index (Phi) is 8.08. The summed E-state index contributed by atoms with van der Waals surface area (Å²) in [5.74, 6) is 0. The topological polar surface area (TPSA) is 16.4 Å². The monoisotopic (exact) mass is 835 g/mol. The van der Waals surface area contributed by atoms with Crippen molar-refractivity contribution >= 4 is 39.0 Å². The quantitative estimate of drug-likeness (QED) is 0.172. The van der Waals surface area contributed by atoms with E-state index in [0.717, 1.165) is 51.8 Å². The number of rotatable bonds is 5. The van der Waals surface area contributed by atoms with Crippen molar-refractivity contribution in [1.82, 2.24) is 0 Å². The van der Waals surface area contributed by atoms with Gasteiger partial charge in [0.05, 0.1) is 11.1 Å². The van der Waals surface area contributed by atoms with Gasteiger partial charge in [-0.05, 0) is 145 Å². The number of benzene rings is 9. The average Bonchev–Trinajstić information content (AvgIpc) is 3.97. The minimum Gasteiger partial charge on any atom is -0.456 e. The minimum absolute atomic E-state index is 0.0308. The molecule has 9 aromatic carbocycles. The van der Waals surface area contributed by atoms with Gasteiger partial charge in [-0.1, -0.05) is 179 Å². The van der Waals surface area contributed by atoms with Crippen LogP contribution in [0.25, 0.3) is 66.4 Å². The highest BCUT2D eigenvalue weighted by molar-refractivity contribution is 6.07. The Balaban J connectivity index is 1.17. The van der Waals surface area contributed by atoms with Gasteiger partial charge in [0.2, 0.25) is 0 Å². The molecule has 0 fully saturated rings. The minimum atomic E-state index is -0.503. The molecule has 0 unspecified atom stereocenters. The largest absolute Gasteiger partial charge is 0.456 e. The Hall–Kier alpha value is -7.42. The lowest BCUT2D eigenvalue weighted by molar-refractivity contribution is 0.333. The third-order valence-corrected chi connectivity index (χ3v) is 15.3. The third-order valence-electron chi connectivity index (χ3n) is 15.3. The van der Waals surface area contributed by atoms with E-state index in [-0.39, 0.29) is 10.8 Å². The van der Waals surface area contributed by atoms with Gasteiger partial charge < -0.3 is 9.32 Å². The Morgan fingerprint density at radius 1 is 0.369 bits per heavy atom. The maximum atomic E-state index is 6.47. The van der Waals surface area contributed by atoms with Crippen LogP contribution in [0, 0.1) is 0 Å². The third kappa shape index (κ3) is 5.41. The molecule has 3 aliphatic rings. The zero-order chi connectivity index (χ0) is 43.7. The molecule has 0 saturated carbocycles. The smallest absolute Gasteiger partial charge is 0.135 e. The van der Waals surface area contributed by atoms with E-state index >= 15 is 0 Å². The second-order valence-electron chi connectivity index (χ2n) is 19.8. The number of anilines is 3. The fourth-order valence-corrected chi connectivity index (χ4v) is 12.2. The maximum absolute atomic E-state index is 6.47. The number of furan rings is 1. The van der Waals surface area contributed by atoms with Gasteiger partial charge in [0.1, 0.15) is 11.2 Å². The molecule has 1 heterocycles. The van der Waals surface area contributed by atoms with Crippen molar-refractivity contribution in [3.05, 3.63) is 234 Å². The van der Waals surface area contributed by atoms with Crippen LogP contribution in [-0.4, -0.2) is 0 Å². The van der Waals surface area contributed by atoms with Gasteiger partial charge in [0, 0.05) is 27.7 Å². The summed E-state index contributed by atoms with van der Waals surface area (Å²) in [6.07, 6.45) is 2.28. The van der Waals surface area contributed by atoms with Crippen LogP contribution in [0.2, 0.25) is 0 Å². The molecule has 312 valence electrons. The van der Waals surface area contributed by atoms with E-state index in [0.29, 0.717) is 0 Å².